The zero-order chi connectivity index (χ0) is 83.2. The summed E-state index contributed by atoms with van der Waals surface area (Å²) in [5.41, 5.74) is 25.2. The molecule has 606 valence electrons. The summed E-state index contributed by atoms with van der Waals surface area (Å²) < 4.78 is 23.5. The van der Waals surface area contributed by atoms with Gasteiger partial charge in [-0.25, -0.2) is 15.0 Å². The lowest BCUT2D eigenvalue weighted by Crippen LogP contribution is -2.43. The number of aryl methyl sites for hydroxylation is 3. The number of fused-ring (bicyclic) bond motifs is 9. The summed E-state index contributed by atoms with van der Waals surface area (Å²) >= 11 is 29.6. The number of aromatic nitrogens is 6. The molecule has 0 fully saturated rings. The fourth-order valence-electron chi connectivity index (χ4n) is 14.7. The van der Waals surface area contributed by atoms with Crippen LogP contribution in [0.2, 0.25) is 19.4 Å². The third-order valence-electron chi connectivity index (χ3n) is 20.4. The van der Waals surface area contributed by atoms with Crippen LogP contribution in [-0.2, 0) is 19.6 Å². The Hall–Kier alpha value is -10.1. The van der Waals surface area contributed by atoms with Gasteiger partial charge in [0.2, 0.25) is 16.7 Å². The number of thiophene rings is 3. The average Bonchev–Trinajstić information content (AvgIpc) is 1.63. The normalized spacial score (nSPS) is 12.5. The summed E-state index contributed by atoms with van der Waals surface area (Å²) in [5.74, 6) is 0.819. The first-order chi connectivity index (χ1) is 56.2. The van der Waals surface area contributed by atoms with Crippen molar-refractivity contribution in [2.75, 3.05) is 39.3 Å². The third-order valence-corrected chi connectivity index (χ3v) is 24.0. The maximum Gasteiger partial charge on any atom is 0.297 e. The predicted octanol–water partition coefficient (Wildman–Crippen LogP) is 19.5. The van der Waals surface area contributed by atoms with Crippen LogP contribution in [0.3, 0.4) is 0 Å². The van der Waals surface area contributed by atoms with E-state index in [1.165, 1.54) is 11.3 Å². The van der Waals surface area contributed by atoms with Crippen LogP contribution in [0.5, 0.6) is 0 Å². The van der Waals surface area contributed by atoms with Crippen LogP contribution in [0.15, 0.2) is 202 Å². The molecule has 28 heteroatoms. The molecule has 9 aromatic heterocycles. The Labute approximate surface area is 707 Å². The van der Waals surface area contributed by atoms with Crippen molar-refractivity contribution in [3.8, 4) is 0 Å². The third kappa shape index (κ3) is 18.5. The molecule has 0 bridgehead atoms. The molecule has 0 saturated carbocycles. The lowest BCUT2D eigenvalue weighted by molar-refractivity contribution is 0.0596. The fourth-order valence-corrected chi connectivity index (χ4v) is 17.7. The Morgan fingerprint density at radius 3 is 1.00 bits per heavy atom. The van der Waals surface area contributed by atoms with E-state index in [4.69, 9.17) is 91.8 Å². The summed E-state index contributed by atoms with van der Waals surface area (Å²) in [6, 6.07) is 48.1. The van der Waals surface area contributed by atoms with Crippen LogP contribution in [-0.4, -0.2) is 100 Å². The maximum atomic E-state index is 14.1. The Morgan fingerprint density at radius 2 is 0.726 bits per heavy atom. The molecular formula is C89H90Cl4N12O9S3. The van der Waals surface area contributed by atoms with Crippen molar-refractivity contribution in [2.24, 2.45) is 35.0 Å². The minimum absolute atomic E-state index is 0.0575. The molecule has 3 unspecified atom stereocenters. The van der Waals surface area contributed by atoms with E-state index in [0.717, 1.165) is 31.3 Å². The zero-order valence-electron chi connectivity index (χ0n) is 66.2. The number of nitrogens with zero attached hydrogens (tertiary/aromatic N) is 9. The highest BCUT2D eigenvalue weighted by atomic mass is 35.5. The van der Waals surface area contributed by atoms with E-state index in [0.29, 0.717) is 162 Å². The summed E-state index contributed by atoms with van der Waals surface area (Å²) in [4.78, 5) is 107. The molecule has 0 radical (unpaired) electrons. The zero-order valence-corrected chi connectivity index (χ0v) is 71.6. The fraction of sp³-hybridized carbons (Fsp3) is 0.292. The Bertz CT molecular complexity index is 6270. The standard InChI is InChI=1S/C30H30Cl2N4O3S.C30H31ClN4O3S.C29H29ClN4O3S/c1-17(2)26(35(14-4-13-33)29(37)19-7-5-18(3)6-8-19)28-34-25-22-15-20(31)9-11-23(22)39-27(25)30(38)36(28)16-21-10-12-24(32)40-21;1-18(2)26(34(14-5-13-32)29(36)20-9-7-19(3)8-10-20)28-33-25-23-16-21(31)11-12-24(23)38-27(25)30(37)35(28)17-22-6-4-15-39-22;1-17(2)25(33(13-12-31)28(35)19-8-6-18(3)7-9-19)27-32-24-22-15-20(30)10-11-23(22)37-26(24)29(36)34(27)16-21-5-4-14-38-21/h5-12,15,17,26H,4,13-14,16,33H2,1-3H3;4,6-12,15-16,18,26H,5,13-14,17,32H2,1-3H3;4-11,14-15,17,25H,12-13,16,31H2,1-3H3. The van der Waals surface area contributed by atoms with Gasteiger partial charge in [-0.2, -0.15) is 0 Å². The molecule has 0 aliphatic rings. The molecule has 117 heavy (non-hydrogen) atoms. The lowest BCUT2D eigenvalue weighted by Gasteiger charge is -2.35. The molecule has 3 amide bonds. The SMILES string of the molecule is Cc1ccc(C(=O)N(CCCN)C(c2nc3c(oc4ccc(Cl)cc43)c(=O)n2Cc2ccc(Cl)s2)C(C)C)cc1.Cc1ccc(C(=O)N(CCCN)C(c2nc3c(oc4ccc(Cl)cc43)c(=O)n2Cc2cccs2)C(C)C)cc1.Cc1ccc(C(=O)N(CCN)C(c2nc3c(oc4ccc(Cl)cc43)c(=O)n2Cc2cccs2)C(C)C)cc1. The highest BCUT2D eigenvalue weighted by Gasteiger charge is 2.38. The molecule has 21 nitrogen and oxygen atoms in total. The minimum Gasteiger partial charge on any atom is -0.448 e. The smallest absolute Gasteiger partial charge is 0.297 e. The quantitative estimate of drug-likeness (QED) is 0.0454. The maximum absolute atomic E-state index is 14.1. The molecule has 3 atom stereocenters. The van der Waals surface area contributed by atoms with Crippen LogP contribution < -0.4 is 33.9 Å². The van der Waals surface area contributed by atoms with E-state index >= 15 is 0 Å². The van der Waals surface area contributed by atoms with Crippen LogP contribution in [0.1, 0.15) is 152 Å². The molecule has 0 aliphatic heterocycles. The van der Waals surface area contributed by atoms with Gasteiger partial charge in [0, 0.05) is 88.7 Å². The van der Waals surface area contributed by atoms with E-state index in [1.807, 2.05) is 181 Å². The number of hydrogen-bond acceptors (Lipinski definition) is 18. The van der Waals surface area contributed by atoms with Crippen LogP contribution in [0, 0.1) is 38.5 Å². The van der Waals surface area contributed by atoms with E-state index < -0.39 is 18.1 Å². The van der Waals surface area contributed by atoms with Crippen LogP contribution in [0.25, 0.3) is 66.2 Å². The number of carbonyl (C=O) groups is 3. The van der Waals surface area contributed by atoms with Crippen LogP contribution in [0.4, 0.5) is 0 Å². The molecule has 0 saturated heterocycles. The highest BCUT2D eigenvalue weighted by Crippen LogP contribution is 2.39. The van der Waals surface area contributed by atoms with Gasteiger partial charge in [-0.1, -0.05) is 153 Å². The predicted molar refractivity (Wildman–Crippen MR) is 473 cm³/mol. The second kappa shape index (κ2) is 37.2. The summed E-state index contributed by atoms with van der Waals surface area (Å²) in [6.07, 6.45) is 1.21. The number of carbonyl (C=O) groups excluding carboxylic acids is 3. The first-order valence-corrected chi connectivity index (χ1v) is 42.7. The van der Waals surface area contributed by atoms with Gasteiger partial charge in [0.15, 0.2) is 0 Å². The van der Waals surface area contributed by atoms with E-state index in [2.05, 4.69) is 0 Å². The number of furan rings is 3. The number of hydrogen-bond donors (Lipinski definition) is 3. The van der Waals surface area contributed by atoms with Gasteiger partial charge in [0.25, 0.3) is 34.4 Å². The van der Waals surface area contributed by atoms with Crippen molar-refractivity contribution >= 4 is 164 Å². The van der Waals surface area contributed by atoms with Crippen molar-refractivity contribution in [3.05, 3.63) is 291 Å². The number of amides is 3. The molecule has 15 aromatic rings. The van der Waals surface area contributed by atoms with Crippen molar-refractivity contribution in [1.82, 2.24) is 43.4 Å². The lowest BCUT2D eigenvalue weighted by atomic mass is 9.99. The topological polar surface area (TPSA) is 283 Å². The van der Waals surface area contributed by atoms with Gasteiger partial charge in [0.1, 0.15) is 50.8 Å². The van der Waals surface area contributed by atoms with Crippen molar-refractivity contribution in [1.29, 1.82) is 0 Å². The number of nitrogens with two attached hydrogens (primary N) is 3. The molecule has 9 heterocycles. The monoisotopic (exact) mass is 1710 g/mol. The molecular weight excluding hydrogens is 1620 g/mol. The first kappa shape index (κ1) is 84.8. The van der Waals surface area contributed by atoms with Gasteiger partial charge in [0.05, 0.1) is 42.1 Å². The largest absolute Gasteiger partial charge is 0.448 e. The van der Waals surface area contributed by atoms with Crippen molar-refractivity contribution < 1.29 is 27.6 Å². The number of halogens is 4. The summed E-state index contributed by atoms with van der Waals surface area (Å²) in [5, 5.41) is 7.47. The second-order valence-electron chi connectivity index (χ2n) is 29.9. The summed E-state index contributed by atoms with van der Waals surface area (Å²) in [7, 11) is 0. The van der Waals surface area contributed by atoms with Gasteiger partial charge in [-0.15, -0.1) is 34.0 Å². The average molecular weight is 1710 g/mol. The van der Waals surface area contributed by atoms with Gasteiger partial charge >= 0.3 is 0 Å². The van der Waals surface area contributed by atoms with Gasteiger partial charge in [-0.05, 0) is 190 Å². The molecule has 6 N–H and O–H groups in total. The van der Waals surface area contributed by atoms with Crippen LogP contribution >= 0.6 is 80.4 Å². The summed E-state index contributed by atoms with van der Waals surface area (Å²) in [6.45, 7) is 21.2. The molecule has 0 aliphatic carbocycles. The Balaban J connectivity index is 0.000000152. The second-order valence-corrected chi connectivity index (χ2v) is 35.1. The molecule has 6 aromatic carbocycles. The Morgan fingerprint density at radius 1 is 0.410 bits per heavy atom. The van der Waals surface area contributed by atoms with Crippen molar-refractivity contribution in [2.45, 2.75) is 113 Å². The minimum atomic E-state index is -0.531. The van der Waals surface area contributed by atoms with E-state index in [9.17, 15) is 28.8 Å². The Kier molecular flexibility index (Phi) is 27.0. The van der Waals surface area contributed by atoms with Crippen molar-refractivity contribution in [3.63, 3.8) is 0 Å². The number of benzene rings is 6. The first-order valence-electron chi connectivity index (χ1n) is 38.6. The molecule has 0 spiro atoms. The number of rotatable bonds is 26. The van der Waals surface area contributed by atoms with E-state index in [1.54, 1.807) is 107 Å². The highest BCUT2D eigenvalue weighted by molar-refractivity contribution is 7.16. The van der Waals surface area contributed by atoms with Gasteiger partial charge in [-0.3, -0.25) is 42.5 Å². The van der Waals surface area contributed by atoms with Gasteiger partial charge < -0.3 is 45.2 Å². The van der Waals surface area contributed by atoms with E-state index in [-0.39, 0.29) is 82.0 Å². The molecule has 15 rings (SSSR count).